The van der Waals surface area contributed by atoms with Crippen molar-refractivity contribution in [2.24, 2.45) is 11.8 Å². The van der Waals surface area contributed by atoms with Crippen LogP contribution in [0.15, 0.2) is 12.1 Å². The van der Waals surface area contributed by atoms with Crippen molar-refractivity contribution in [3.63, 3.8) is 0 Å². The Bertz CT molecular complexity index is 383. The fraction of sp³-hybridized carbons (Fsp3) is 0.583. The highest BCUT2D eigenvalue weighted by atomic mass is 35.5. The molecule has 5 heteroatoms. The van der Waals surface area contributed by atoms with E-state index in [0.717, 1.165) is 31.2 Å². The molecule has 17 heavy (non-hydrogen) atoms. The summed E-state index contributed by atoms with van der Waals surface area (Å²) in [6.45, 7) is 5.35. The molecule has 1 aromatic heterocycles. The number of aromatic nitrogens is 1. The van der Waals surface area contributed by atoms with E-state index in [1.54, 1.807) is 6.07 Å². The molecule has 0 amide bonds. The molecule has 94 valence electrons. The molecule has 1 aliphatic heterocycles. The van der Waals surface area contributed by atoms with Gasteiger partial charge in [-0.25, -0.2) is 10.8 Å². The van der Waals surface area contributed by atoms with Crippen LogP contribution in [0.2, 0.25) is 5.02 Å². The van der Waals surface area contributed by atoms with Crippen molar-refractivity contribution in [1.29, 1.82) is 0 Å². The SMILES string of the molecule is CC1CCCN(Cc2nc(NN)ccc2Cl)C1. The van der Waals surface area contributed by atoms with Crippen LogP contribution in [0.5, 0.6) is 0 Å². The third-order valence-electron chi connectivity index (χ3n) is 3.18. The predicted molar refractivity (Wildman–Crippen MR) is 70.7 cm³/mol. The molecule has 2 rings (SSSR count). The minimum atomic E-state index is 0.662. The van der Waals surface area contributed by atoms with Crippen LogP contribution in [0.3, 0.4) is 0 Å². The number of piperidine rings is 1. The summed E-state index contributed by atoms with van der Waals surface area (Å²) in [6, 6.07) is 3.62. The molecule has 1 aliphatic rings. The lowest BCUT2D eigenvalue weighted by atomic mass is 10.0. The maximum absolute atomic E-state index is 6.15. The average Bonchev–Trinajstić information content (AvgIpc) is 2.32. The van der Waals surface area contributed by atoms with Crippen molar-refractivity contribution in [2.75, 3.05) is 18.5 Å². The maximum Gasteiger partial charge on any atom is 0.140 e. The zero-order valence-corrected chi connectivity index (χ0v) is 10.9. The van der Waals surface area contributed by atoms with Crippen LogP contribution in [0, 0.1) is 5.92 Å². The second kappa shape index (κ2) is 5.67. The van der Waals surface area contributed by atoms with E-state index >= 15 is 0 Å². The lowest BCUT2D eigenvalue weighted by Crippen LogP contribution is -2.34. The van der Waals surface area contributed by atoms with Gasteiger partial charge in [0, 0.05) is 13.1 Å². The van der Waals surface area contributed by atoms with Gasteiger partial charge in [0.2, 0.25) is 0 Å². The molecule has 0 bridgehead atoms. The standard InChI is InChI=1S/C12H19ClN4/c1-9-3-2-6-17(7-9)8-11-10(13)4-5-12(15-11)16-14/h4-5,9H,2-3,6-8,14H2,1H3,(H,15,16). The van der Waals surface area contributed by atoms with Crippen LogP contribution in [0.1, 0.15) is 25.5 Å². The van der Waals surface area contributed by atoms with Crippen LogP contribution in [0.4, 0.5) is 5.82 Å². The van der Waals surface area contributed by atoms with Crippen molar-refractivity contribution in [2.45, 2.75) is 26.3 Å². The summed E-state index contributed by atoms with van der Waals surface area (Å²) >= 11 is 6.15. The lowest BCUT2D eigenvalue weighted by Gasteiger charge is -2.30. The largest absolute Gasteiger partial charge is 0.308 e. The Hall–Kier alpha value is -0.840. The molecule has 4 nitrogen and oxygen atoms in total. The third-order valence-corrected chi connectivity index (χ3v) is 3.53. The zero-order chi connectivity index (χ0) is 12.3. The molecule has 0 aromatic carbocycles. The Morgan fingerprint density at radius 3 is 3.12 bits per heavy atom. The highest BCUT2D eigenvalue weighted by Gasteiger charge is 2.17. The van der Waals surface area contributed by atoms with E-state index in [9.17, 15) is 0 Å². The number of nitrogens with one attached hydrogen (secondary N) is 1. The van der Waals surface area contributed by atoms with E-state index in [-0.39, 0.29) is 0 Å². The molecule has 0 aliphatic carbocycles. The van der Waals surface area contributed by atoms with Crippen LogP contribution < -0.4 is 11.3 Å². The number of hydrogen-bond donors (Lipinski definition) is 2. The molecule has 0 saturated carbocycles. The van der Waals surface area contributed by atoms with Crippen molar-refractivity contribution >= 4 is 17.4 Å². The maximum atomic E-state index is 6.15. The van der Waals surface area contributed by atoms with Gasteiger partial charge in [-0.3, -0.25) is 4.90 Å². The first kappa shape index (κ1) is 12.6. The van der Waals surface area contributed by atoms with E-state index < -0.39 is 0 Å². The number of anilines is 1. The van der Waals surface area contributed by atoms with E-state index in [0.29, 0.717) is 10.8 Å². The quantitative estimate of drug-likeness (QED) is 0.642. The Labute approximate surface area is 107 Å². The second-order valence-electron chi connectivity index (χ2n) is 4.75. The first-order chi connectivity index (χ1) is 8.19. The monoisotopic (exact) mass is 254 g/mol. The number of nitrogens with two attached hydrogens (primary N) is 1. The average molecular weight is 255 g/mol. The topological polar surface area (TPSA) is 54.2 Å². The number of nitrogen functional groups attached to an aromatic ring is 1. The van der Waals surface area contributed by atoms with Crippen molar-refractivity contribution in [3.8, 4) is 0 Å². The molecule has 3 N–H and O–H groups in total. The van der Waals surface area contributed by atoms with Crippen LogP contribution >= 0.6 is 11.6 Å². The molecule has 1 saturated heterocycles. The molecular weight excluding hydrogens is 236 g/mol. The number of rotatable bonds is 3. The summed E-state index contributed by atoms with van der Waals surface area (Å²) in [5, 5.41) is 0.710. The van der Waals surface area contributed by atoms with Gasteiger partial charge < -0.3 is 5.43 Å². The molecule has 0 radical (unpaired) electrons. The van der Waals surface area contributed by atoms with Crippen LogP contribution in [-0.2, 0) is 6.54 Å². The molecule has 0 spiro atoms. The van der Waals surface area contributed by atoms with E-state index in [4.69, 9.17) is 17.4 Å². The summed E-state index contributed by atoms with van der Waals surface area (Å²) in [5.41, 5.74) is 3.45. The number of hydrazine groups is 1. The number of pyridine rings is 1. The van der Waals surface area contributed by atoms with Crippen molar-refractivity contribution in [3.05, 3.63) is 22.8 Å². The van der Waals surface area contributed by atoms with Gasteiger partial charge in [0.1, 0.15) is 5.82 Å². The van der Waals surface area contributed by atoms with Crippen molar-refractivity contribution < 1.29 is 0 Å². The van der Waals surface area contributed by atoms with Gasteiger partial charge in [0.05, 0.1) is 10.7 Å². The van der Waals surface area contributed by atoms with Crippen LogP contribution in [-0.4, -0.2) is 23.0 Å². The minimum Gasteiger partial charge on any atom is -0.308 e. The lowest BCUT2D eigenvalue weighted by molar-refractivity contribution is 0.175. The Morgan fingerprint density at radius 1 is 1.59 bits per heavy atom. The van der Waals surface area contributed by atoms with E-state index in [1.807, 2.05) is 6.07 Å². The minimum absolute atomic E-state index is 0.662. The smallest absolute Gasteiger partial charge is 0.140 e. The van der Waals surface area contributed by atoms with Gasteiger partial charge in [0.15, 0.2) is 0 Å². The van der Waals surface area contributed by atoms with Gasteiger partial charge in [-0.2, -0.15) is 0 Å². The Morgan fingerprint density at radius 2 is 2.41 bits per heavy atom. The number of likely N-dealkylation sites (tertiary alicyclic amines) is 1. The summed E-state index contributed by atoms with van der Waals surface area (Å²) in [5.74, 6) is 6.78. The third kappa shape index (κ3) is 3.31. The number of hydrogen-bond acceptors (Lipinski definition) is 4. The fourth-order valence-corrected chi connectivity index (χ4v) is 2.48. The fourth-order valence-electron chi connectivity index (χ4n) is 2.32. The normalized spacial score (nSPS) is 21.5. The van der Waals surface area contributed by atoms with Gasteiger partial charge in [-0.05, 0) is 37.4 Å². The molecule has 1 atom stereocenters. The Balaban J connectivity index is 2.06. The summed E-state index contributed by atoms with van der Waals surface area (Å²) < 4.78 is 0. The van der Waals surface area contributed by atoms with Crippen molar-refractivity contribution in [1.82, 2.24) is 9.88 Å². The summed E-state index contributed by atoms with van der Waals surface area (Å²) in [4.78, 5) is 6.81. The first-order valence-corrected chi connectivity index (χ1v) is 6.41. The van der Waals surface area contributed by atoms with E-state index in [2.05, 4.69) is 22.2 Å². The molecule has 1 fully saturated rings. The Kier molecular flexibility index (Phi) is 4.20. The molecule has 1 unspecified atom stereocenters. The number of nitrogens with zero attached hydrogens (tertiary/aromatic N) is 2. The predicted octanol–water partition coefficient (Wildman–Crippen LogP) is 2.25. The van der Waals surface area contributed by atoms with Gasteiger partial charge >= 0.3 is 0 Å². The van der Waals surface area contributed by atoms with Gasteiger partial charge in [0.25, 0.3) is 0 Å². The highest BCUT2D eigenvalue weighted by molar-refractivity contribution is 6.31. The molecule has 2 heterocycles. The van der Waals surface area contributed by atoms with E-state index in [1.165, 1.54) is 12.8 Å². The first-order valence-electron chi connectivity index (χ1n) is 6.03. The van der Waals surface area contributed by atoms with Crippen LogP contribution in [0.25, 0.3) is 0 Å². The molecular formula is C12H19ClN4. The van der Waals surface area contributed by atoms with Gasteiger partial charge in [-0.1, -0.05) is 18.5 Å². The van der Waals surface area contributed by atoms with Gasteiger partial charge in [-0.15, -0.1) is 0 Å². The highest BCUT2D eigenvalue weighted by Crippen LogP contribution is 2.21. The summed E-state index contributed by atoms with van der Waals surface area (Å²) in [7, 11) is 0. The second-order valence-corrected chi connectivity index (χ2v) is 5.16. The number of halogens is 1. The summed E-state index contributed by atoms with van der Waals surface area (Å²) in [6.07, 6.45) is 2.58. The molecule has 1 aromatic rings. The zero-order valence-electron chi connectivity index (χ0n) is 10.1.